The second-order valence-electron chi connectivity index (χ2n) is 8.89. The molecule has 5 unspecified atom stereocenters. The van der Waals surface area contributed by atoms with Crippen LogP contribution < -0.4 is 21.7 Å². The number of carbonyl (C=O) groups excluding carboxylic acids is 3. The van der Waals surface area contributed by atoms with Gasteiger partial charge in [-0.25, -0.2) is 4.79 Å². The van der Waals surface area contributed by atoms with Crippen molar-refractivity contribution in [3.05, 3.63) is 0 Å². The molecule has 2 saturated heterocycles. The highest BCUT2D eigenvalue weighted by Crippen LogP contribution is 2.22. The van der Waals surface area contributed by atoms with Crippen LogP contribution >= 0.6 is 0 Å². The van der Waals surface area contributed by atoms with Crippen molar-refractivity contribution in [3.8, 4) is 0 Å². The highest BCUT2D eigenvalue weighted by molar-refractivity contribution is 5.94. The van der Waals surface area contributed by atoms with Gasteiger partial charge in [0.05, 0.1) is 6.04 Å². The van der Waals surface area contributed by atoms with Crippen molar-refractivity contribution < 1.29 is 24.3 Å². The Kier molecular flexibility index (Phi) is 10.4. The van der Waals surface area contributed by atoms with Gasteiger partial charge in [0.2, 0.25) is 17.7 Å². The molecule has 2 aliphatic heterocycles. The molecule has 6 N–H and O–H groups in total. The number of nitrogens with one attached hydrogen (secondary N) is 3. The van der Waals surface area contributed by atoms with Crippen LogP contribution in [0.3, 0.4) is 0 Å². The number of hydrogen-bond donors (Lipinski definition) is 5. The Bertz CT molecular complexity index is 667. The van der Waals surface area contributed by atoms with Gasteiger partial charge < -0.3 is 31.7 Å². The zero-order chi connectivity index (χ0) is 23.7. The summed E-state index contributed by atoms with van der Waals surface area (Å²) in [5, 5.41) is 18.1. The van der Waals surface area contributed by atoms with E-state index < -0.39 is 30.0 Å². The summed E-state index contributed by atoms with van der Waals surface area (Å²) in [4.78, 5) is 52.1. The number of aliphatic carboxylic acids is 1. The van der Waals surface area contributed by atoms with E-state index in [0.717, 1.165) is 19.4 Å². The molecule has 10 heteroatoms. The summed E-state index contributed by atoms with van der Waals surface area (Å²) >= 11 is 0. The van der Waals surface area contributed by atoms with Gasteiger partial charge in [-0.05, 0) is 64.0 Å². The molecule has 0 aromatic heterocycles. The molecule has 0 saturated carbocycles. The molecule has 182 valence electrons. The Hall–Kier alpha value is -2.20. The van der Waals surface area contributed by atoms with Gasteiger partial charge in [0.15, 0.2) is 0 Å². The van der Waals surface area contributed by atoms with Gasteiger partial charge in [-0.2, -0.15) is 0 Å². The molecule has 3 amide bonds. The number of likely N-dealkylation sites (tertiary alicyclic amines) is 1. The summed E-state index contributed by atoms with van der Waals surface area (Å²) in [5.41, 5.74) is 5.47. The quantitative estimate of drug-likeness (QED) is 0.260. The Morgan fingerprint density at radius 2 is 1.88 bits per heavy atom. The lowest BCUT2D eigenvalue weighted by molar-refractivity contribution is -0.145. The maximum Gasteiger partial charge on any atom is 0.326 e. The summed E-state index contributed by atoms with van der Waals surface area (Å²) in [6.45, 7) is 5.52. The minimum atomic E-state index is -1.10. The topological polar surface area (TPSA) is 154 Å². The maximum atomic E-state index is 13.4. The van der Waals surface area contributed by atoms with E-state index in [0.29, 0.717) is 51.6 Å². The van der Waals surface area contributed by atoms with Crippen molar-refractivity contribution in [3.63, 3.8) is 0 Å². The van der Waals surface area contributed by atoms with Gasteiger partial charge in [-0.1, -0.05) is 20.3 Å². The van der Waals surface area contributed by atoms with Crippen LogP contribution in [0.2, 0.25) is 0 Å². The van der Waals surface area contributed by atoms with E-state index in [-0.39, 0.29) is 23.8 Å². The molecule has 0 spiro atoms. The van der Waals surface area contributed by atoms with E-state index in [2.05, 4.69) is 16.0 Å². The minimum Gasteiger partial charge on any atom is -0.480 e. The first kappa shape index (κ1) is 26.1. The van der Waals surface area contributed by atoms with Gasteiger partial charge in [0, 0.05) is 6.54 Å². The first-order valence-corrected chi connectivity index (χ1v) is 11.9. The Morgan fingerprint density at radius 3 is 2.47 bits per heavy atom. The lowest BCUT2D eigenvalue weighted by atomic mass is 9.96. The van der Waals surface area contributed by atoms with Crippen molar-refractivity contribution in [2.45, 2.75) is 89.4 Å². The predicted octanol–water partition coefficient (Wildman–Crippen LogP) is -0.0413. The maximum absolute atomic E-state index is 13.4. The number of unbranched alkanes of at least 4 members (excludes halogenated alkanes) is 1. The molecule has 0 aromatic carbocycles. The molecule has 2 fully saturated rings. The molecule has 5 atom stereocenters. The summed E-state index contributed by atoms with van der Waals surface area (Å²) in [5.74, 6) is -2.12. The molecule has 0 bridgehead atoms. The number of nitrogens with two attached hydrogens (primary N) is 1. The smallest absolute Gasteiger partial charge is 0.326 e. The normalized spacial score (nSPS) is 23.4. The van der Waals surface area contributed by atoms with E-state index in [1.165, 1.54) is 4.90 Å². The van der Waals surface area contributed by atoms with Gasteiger partial charge in [-0.3, -0.25) is 14.4 Å². The first-order valence-electron chi connectivity index (χ1n) is 11.9. The van der Waals surface area contributed by atoms with Crippen LogP contribution in [0.5, 0.6) is 0 Å². The zero-order valence-corrected chi connectivity index (χ0v) is 19.3. The van der Waals surface area contributed by atoms with Crippen LogP contribution in [0.1, 0.15) is 65.2 Å². The highest BCUT2D eigenvalue weighted by Gasteiger charge is 2.40. The second-order valence-corrected chi connectivity index (χ2v) is 8.89. The van der Waals surface area contributed by atoms with Crippen LogP contribution in [-0.2, 0) is 19.2 Å². The lowest BCUT2D eigenvalue weighted by Crippen LogP contribution is -2.58. The highest BCUT2D eigenvalue weighted by atomic mass is 16.4. The number of amides is 3. The van der Waals surface area contributed by atoms with E-state index in [1.54, 1.807) is 0 Å². The molecule has 2 heterocycles. The summed E-state index contributed by atoms with van der Waals surface area (Å²) in [7, 11) is 0. The van der Waals surface area contributed by atoms with Crippen molar-refractivity contribution >= 4 is 23.7 Å². The molecule has 32 heavy (non-hydrogen) atoms. The molecule has 0 aromatic rings. The van der Waals surface area contributed by atoms with Gasteiger partial charge in [0.1, 0.15) is 18.1 Å². The standard InChI is InChI=1S/C22H39N5O5/c1-3-14(2)18(26-19(28)15-9-6-12-24-15)21(30)27-13-7-10-17(27)20(29)25-16(22(31)32)8-4-5-11-23/h14-18,24H,3-13,23H2,1-2H3,(H,25,29)(H,26,28)(H,31,32). The number of nitrogens with zero attached hydrogens (tertiary/aromatic N) is 1. The van der Waals surface area contributed by atoms with Gasteiger partial charge in [-0.15, -0.1) is 0 Å². The third-order valence-electron chi connectivity index (χ3n) is 6.55. The van der Waals surface area contributed by atoms with Crippen molar-refractivity contribution in [2.24, 2.45) is 11.7 Å². The third-order valence-corrected chi connectivity index (χ3v) is 6.55. The summed E-state index contributed by atoms with van der Waals surface area (Å²) in [6.07, 6.45) is 5.05. The van der Waals surface area contributed by atoms with Crippen LogP contribution in [-0.4, -0.2) is 77.5 Å². The van der Waals surface area contributed by atoms with E-state index in [9.17, 15) is 24.3 Å². The predicted molar refractivity (Wildman–Crippen MR) is 120 cm³/mol. The fourth-order valence-corrected chi connectivity index (χ4v) is 4.35. The lowest BCUT2D eigenvalue weighted by Gasteiger charge is -2.32. The van der Waals surface area contributed by atoms with E-state index in [4.69, 9.17) is 5.73 Å². The third kappa shape index (κ3) is 6.90. The van der Waals surface area contributed by atoms with E-state index >= 15 is 0 Å². The van der Waals surface area contributed by atoms with Gasteiger partial charge in [0.25, 0.3) is 0 Å². The second kappa shape index (κ2) is 12.7. The molecular formula is C22H39N5O5. The number of hydrogen-bond acceptors (Lipinski definition) is 6. The average Bonchev–Trinajstić information content (AvgIpc) is 3.47. The molecule has 0 radical (unpaired) electrons. The molecule has 0 aliphatic carbocycles. The van der Waals surface area contributed by atoms with E-state index in [1.807, 2.05) is 13.8 Å². The average molecular weight is 454 g/mol. The monoisotopic (exact) mass is 453 g/mol. The SMILES string of the molecule is CCC(C)C(NC(=O)C1CCCN1)C(=O)N1CCCC1C(=O)NC(CCCCN)C(=O)O. The number of carboxylic acid groups (broad SMARTS) is 1. The Balaban J connectivity index is 2.07. The molecule has 2 rings (SSSR count). The zero-order valence-electron chi connectivity index (χ0n) is 19.3. The first-order chi connectivity index (χ1) is 15.3. The molecule has 2 aliphatic rings. The fraction of sp³-hybridized carbons (Fsp3) is 0.818. The van der Waals surface area contributed by atoms with Crippen molar-refractivity contribution in [1.29, 1.82) is 0 Å². The molecule has 10 nitrogen and oxygen atoms in total. The van der Waals surface area contributed by atoms with Crippen molar-refractivity contribution in [2.75, 3.05) is 19.6 Å². The number of carbonyl (C=O) groups is 4. The largest absolute Gasteiger partial charge is 0.480 e. The van der Waals surface area contributed by atoms with Crippen LogP contribution in [0.15, 0.2) is 0 Å². The Morgan fingerprint density at radius 1 is 1.12 bits per heavy atom. The van der Waals surface area contributed by atoms with Gasteiger partial charge >= 0.3 is 5.97 Å². The summed E-state index contributed by atoms with van der Waals surface area (Å²) < 4.78 is 0. The van der Waals surface area contributed by atoms with Crippen LogP contribution in [0.25, 0.3) is 0 Å². The molecular weight excluding hydrogens is 414 g/mol. The summed E-state index contributed by atoms with van der Waals surface area (Å²) in [6, 6.07) is -2.75. The fourth-order valence-electron chi connectivity index (χ4n) is 4.35. The Labute approximate surface area is 190 Å². The van der Waals surface area contributed by atoms with Crippen LogP contribution in [0.4, 0.5) is 0 Å². The number of carboxylic acids is 1. The minimum absolute atomic E-state index is 0.0970. The van der Waals surface area contributed by atoms with Crippen molar-refractivity contribution in [1.82, 2.24) is 20.9 Å². The number of rotatable bonds is 12. The van der Waals surface area contributed by atoms with Crippen LogP contribution in [0, 0.1) is 5.92 Å².